The summed E-state index contributed by atoms with van der Waals surface area (Å²) in [6, 6.07) is 10.7. The molecule has 142 valence electrons. The number of hydrogen-bond acceptors (Lipinski definition) is 5. The number of aliphatic hydroxyl groups is 1. The van der Waals surface area contributed by atoms with Crippen molar-refractivity contribution in [1.82, 2.24) is 15.2 Å². The molecule has 0 aliphatic carbocycles. The number of nitrogens with two attached hydrogens (primary N) is 1. The zero-order valence-electron chi connectivity index (χ0n) is 15.1. The number of rotatable bonds is 5. The molecule has 0 unspecified atom stereocenters. The molecular formula is C19H24N6O2. The molecule has 1 saturated heterocycles. The van der Waals surface area contributed by atoms with Crippen LogP contribution in [0.1, 0.15) is 24.1 Å². The number of aliphatic hydroxyl groups excluding tert-OH is 1. The van der Waals surface area contributed by atoms with Crippen molar-refractivity contribution >= 4 is 23.4 Å². The fourth-order valence-electron chi connectivity index (χ4n) is 2.95. The molecule has 1 aromatic heterocycles. The van der Waals surface area contributed by atoms with Crippen LogP contribution in [0, 0.1) is 11.3 Å². The summed E-state index contributed by atoms with van der Waals surface area (Å²) >= 11 is 0. The van der Waals surface area contributed by atoms with Crippen molar-refractivity contribution in [2.75, 3.05) is 30.7 Å². The first-order valence-electron chi connectivity index (χ1n) is 8.80. The summed E-state index contributed by atoms with van der Waals surface area (Å²) in [6.45, 7) is 3.29. The maximum absolute atomic E-state index is 12.2. The third-order valence-corrected chi connectivity index (χ3v) is 4.61. The summed E-state index contributed by atoms with van der Waals surface area (Å²) < 4.78 is 0. The molecule has 0 bridgehead atoms. The minimum absolute atomic E-state index is 0.122. The van der Waals surface area contributed by atoms with Gasteiger partial charge in [-0.25, -0.2) is 9.78 Å². The van der Waals surface area contributed by atoms with Crippen LogP contribution in [0.25, 0.3) is 0 Å². The van der Waals surface area contributed by atoms with Gasteiger partial charge in [0.1, 0.15) is 11.7 Å². The lowest BCUT2D eigenvalue weighted by molar-refractivity contribution is 0.108. The third kappa shape index (κ3) is 4.35. The number of carbonyl (C=O) groups is 1. The van der Waals surface area contributed by atoms with Crippen molar-refractivity contribution < 1.29 is 9.90 Å². The van der Waals surface area contributed by atoms with Gasteiger partial charge in [0.05, 0.1) is 11.6 Å². The SMILES string of the molecule is C[C@@H](NC(=O)Nc1cc(N)c(C(=N)N2CC(CO)C2)cn1)c1ccccc1. The summed E-state index contributed by atoms with van der Waals surface area (Å²) in [5.41, 5.74) is 7.92. The molecule has 2 amide bonds. The van der Waals surface area contributed by atoms with Crippen molar-refractivity contribution in [2.24, 2.45) is 5.92 Å². The van der Waals surface area contributed by atoms with Gasteiger partial charge in [-0.15, -0.1) is 0 Å². The maximum atomic E-state index is 12.2. The second kappa shape index (κ2) is 8.05. The van der Waals surface area contributed by atoms with Gasteiger partial charge >= 0.3 is 6.03 Å². The second-order valence-electron chi connectivity index (χ2n) is 6.69. The number of carbonyl (C=O) groups excluding carboxylic acids is 1. The Morgan fingerprint density at radius 2 is 2.11 bits per heavy atom. The fraction of sp³-hybridized carbons (Fsp3) is 0.316. The van der Waals surface area contributed by atoms with Crippen LogP contribution in [0.2, 0.25) is 0 Å². The van der Waals surface area contributed by atoms with Crippen LogP contribution in [0.4, 0.5) is 16.3 Å². The molecule has 1 aliphatic rings. The van der Waals surface area contributed by atoms with Crippen molar-refractivity contribution in [3.8, 4) is 0 Å². The number of pyridine rings is 1. The van der Waals surface area contributed by atoms with E-state index in [1.165, 1.54) is 6.20 Å². The van der Waals surface area contributed by atoms with Crippen molar-refractivity contribution in [3.05, 3.63) is 53.7 Å². The number of urea groups is 1. The van der Waals surface area contributed by atoms with Gasteiger partial charge in [0.25, 0.3) is 0 Å². The molecular weight excluding hydrogens is 344 g/mol. The van der Waals surface area contributed by atoms with E-state index in [9.17, 15) is 4.79 Å². The Morgan fingerprint density at radius 1 is 1.41 bits per heavy atom. The molecule has 1 atom stereocenters. The number of hydrogen-bond donors (Lipinski definition) is 5. The first-order chi connectivity index (χ1) is 13.0. The highest BCUT2D eigenvalue weighted by Gasteiger charge is 2.29. The summed E-state index contributed by atoms with van der Waals surface area (Å²) in [5, 5.41) is 22.8. The number of amides is 2. The molecule has 0 radical (unpaired) electrons. The Hall–Kier alpha value is -3.13. The summed E-state index contributed by atoms with van der Waals surface area (Å²) in [4.78, 5) is 18.2. The van der Waals surface area contributed by atoms with Crippen LogP contribution in [-0.2, 0) is 0 Å². The predicted octanol–water partition coefficient (Wildman–Crippen LogP) is 1.80. The molecule has 2 aromatic rings. The van der Waals surface area contributed by atoms with E-state index in [4.69, 9.17) is 16.2 Å². The van der Waals surface area contributed by atoms with Gasteiger partial charge in [-0.05, 0) is 12.5 Å². The number of likely N-dealkylation sites (tertiary alicyclic amines) is 1. The van der Waals surface area contributed by atoms with Crippen molar-refractivity contribution in [3.63, 3.8) is 0 Å². The quantitative estimate of drug-likeness (QED) is 0.406. The van der Waals surface area contributed by atoms with E-state index in [0.717, 1.165) is 5.56 Å². The minimum atomic E-state index is -0.380. The second-order valence-corrected chi connectivity index (χ2v) is 6.69. The number of nitrogens with one attached hydrogen (secondary N) is 3. The Kier molecular flexibility index (Phi) is 5.56. The van der Waals surface area contributed by atoms with Gasteiger partial charge in [0.15, 0.2) is 0 Å². The third-order valence-electron chi connectivity index (χ3n) is 4.61. The number of anilines is 2. The number of nitrogen functional groups attached to an aromatic ring is 1. The van der Waals surface area contributed by atoms with Crippen molar-refractivity contribution in [1.29, 1.82) is 5.41 Å². The Morgan fingerprint density at radius 3 is 2.74 bits per heavy atom. The van der Waals surface area contributed by atoms with Gasteiger partial charge in [0.2, 0.25) is 0 Å². The van der Waals surface area contributed by atoms with Gasteiger partial charge in [0, 0.05) is 43.6 Å². The molecule has 8 heteroatoms. The van der Waals surface area contributed by atoms with Gasteiger partial charge in [-0.1, -0.05) is 30.3 Å². The molecule has 0 saturated carbocycles. The van der Waals surface area contributed by atoms with E-state index >= 15 is 0 Å². The van der Waals surface area contributed by atoms with E-state index < -0.39 is 0 Å². The van der Waals surface area contributed by atoms with Crippen molar-refractivity contribution in [2.45, 2.75) is 13.0 Å². The number of aromatic nitrogens is 1. The zero-order chi connectivity index (χ0) is 19.4. The molecule has 3 rings (SSSR count). The lowest BCUT2D eigenvalue weighted by atomic mass is 10.00. The average molecular weight is 368 g/mol. The molecule has 2 heterocycles. The first-order valence-corrected chi connectivity index (χ1v) is 8.80. The molecule has 1 aliphatic heterocycles. The van der Waals surface area contributed by atoms with E-state index in [1.54, 1.807) is 6.07 Å². The van der Waals surface area contributed by atoms with Crippen LogP contribution >= 0.6 is 0 Å². The molecule has 0 spiro atoms. The number of amidine groups is 1. The lowest BCUT2D eigenvalue weighted by Gasteiger charge is -2.40. The van der Waals surface area contributed by atoms with Crippen LogP contribution in [-0.4, -0.2) is 46.6 Å². The number of benzene rings is 1. The van der Waals surface area contributed by atoms with E-state index in [2.05, 4.69) is 15.6 Å². The van der Waals surface area contributed by atoms with Crippen LogP contribution in [0.15, 0.2) is 42.6 Å². The maximum Gasteiger partial charge on any atom is 0.320 e. The topological polar surface area (TPSA) is 127 Å². The van der Waals surface area contributed by atoms with Gasteiger partial charge < -0.3 is 21.1 Å². The highest BCUT2D eigenvalue weighted by Crippen LogP contribution is 2.22. The van der Waals surface area contributed by atoms with E-state index in [-0.39, 0.29) is 30.4 Å². The average Bonchev–Trinajstić information content (AvgIpc) is 2.61. The summed E-state index contributed by atoms with van der Waals surface area (Å²) in [5.74, 6) is 0.799. The van der Waals surface area contributed by atoms with E-state index in [0.29, 0.717) is 30.2 Å². The molecule has 6 N–H and O–H groups in total. The van der Waals surface area contributed by atoms with Gasteiger partial charge in [-0.3, -0.25) is 10.7 Å². The summed E-state index contributed by atoms with van der Waals surface area (Å²) in [7, 11) is 0. The zero-order valence-corrected chi connectivity index (χ0v) is 15.1. The fourth-order valence-corrected chi connectivity index (χ4v) is 2.95. The van der Waals surface area contributed by atoms with Crippen LogP contribution in [0.5, 0.6) is 0 Å². The predicted molar refractivity (Wildman–Crippen MR) is 105 cm³/mol. The molecule has 27 heavy (non-hydrogen) atoms. The Bertz CT molecular complexity index is 820. The minimum Gasteiger partial charge on any atom is -0.398 e. The number of nitrogens with zero attached hydrogens (tertiary/aromatic N) is 2. The first kappa shape index (κ1) is 18.7. The standard InChI is InChI=1S/C19H24N6O2/c1-12(14-5-3-2-4-6-14)23-19(27)24-17-7-16(20)15(8-22-17)18(21)25-9-13(10-25)11-26/h2-8,12-13,21,26H,9-11H2,1H3,(H4,20,22,23,24,27)/t12-/m1/s1. The summed E-state index contributed by atoms with van der Waals surface area (Å²) in [6.07, 6.45) is 1.49. The van der Waals surface area contributed by atoms with Gasteiger partial charge in [-0.2, -0.15) is 0 Å². The van der Waals surface area contributed by atoms with Crippen LogP contribution in [0.3, 0.4) is 0 Å². The smallest absolute Gasteiger partial charge is 0.320 e. The monoisotopic (exact) mass is 368 g/mol. The highest BCUT2D eigenvalue weighted by molar-refractivity contribution is 6.01. The molecule has 8 nitrogen and oxygen atoms in total. The largest absolute Gasteiger partial charge is 0.398 e. The highest BCUT2D eigenvalue weighted by atomic mass is 16.3. The van der Waals surface area contributed by atoms with E-state index in [1.807, 2.05) is 42.2 Å². The molecule has 1 aromatic carbocycles. The molecule has 1 fully saturated rings. The lowest BCUT2D eigenvalue weighted by Crippen LogP contribution is -2.51. The Labute approximate surface area is 157 Å². The van der Waals surface area contributed by atoms with Crippen LogP contribution < -0.4 is 16.4 Å². The Balaban J connectivity index is 1.59. The normalized spacial score (nSPS) is 15.0.